The summed E-state index contributed by atoms with van der Waals surface area (Å²) in [6, 6.07) is 12.3. The molecule has 1 aromatic carbocycles. The van der Waals surface area contributed by atoms with Crippen molar-refractivity contribution in [2.24, 2.45) is 0 Å². The summed E-state index contributed by atoms with van der Waals surface area (Å²) >= 11 is 0. The molecular weight excluding hydrogens is 310 g/mol. The second-order valence-corrected chi connectivity index (χ2v) is 5.10. The van der Waals surface area contributed by atoms with Crippen molar-refractivity contribution in [2.45, 2.75) is 13.1 Å². The maximum atomic E-state index is 12.2. The molecule has 3 rings (SSSR count). The molecule has 0 atom stereocenters. The second-order valence-electron chi connectivity index (χ2n) is 5.10. The molecule has 1 N–H and O–H groups in total. The number of nitrogens with one attached hydrogen (secondary N) is 1. The van der Waals surface area contributed by atoms with E-state index in [0.29, 0.717) is 11.4 Å². The maximum absolute atomic E-state index is 12.2. The van der Waals surface area contributed by atoms with Crippen molar-refractivity contribution in [3.63, 3.8) is 0 Å². The quantitative estimate of drug-likeness (QED) is 0.707. The van der Waals surface area contributed by atoms with Crippen LogP contribution >= 0.6 is 0 Å². The number of hydrogen-bond donors (Lipinski definition) is 1. The van der Waals surface area contributed by atoms with Gasteiger partial charge in [0.2, 0.25) is 5.91 Å². The number of para-hydroxylation sites is 1. The largest absolute Gasteiger partial charge is 0.467 e. The van der Waals surface area contributed by atoms with E-state index in [1.54, 1.807) is 36.4 Å². The van der Waals surface area contributed by atoms with Gasteiger partial charge in [0.25, 0.3) is 0 Å². The van der Waals surface area contributed by atoms with Gasteiger partial charge in [-0.05, 0) is 24.3 Å². The van der Waals surface area contributed by atoms with E-state index in [-0.39, 0.29) is 19.0 Å². The fraction of sp³-hybridized carbons (Fsp3) is 0.118. The van der Waals surface area contributed by atoms with Crippen molar-refractivity contribution >= 4 is 5.91 Å². The predicted molar refractivity (Wildman–Crippen MR) is 86.9 cm³/mol. The number of aromatic nitrogens is 2. The summed E-state index contributed by atoms with van der Waals surface area (Å²) in [6.07, 6.45) is 4.40. The van der Waals surface area contributed by atoms with Crippen LogP contribution in [0, 0.1) is 0 Å². The van der Waals surface area contributed by atoms with E-state index in [2.05, 4.69) is 5.32 Å². The lowest BCUT2D eigenvalue weighted by molar-refractivity contribution is -0.122. The molecule has 2 aromatic heterocycles. The van der Waals surface area contributed by atoms with E-state index in [0.717, 1.165) is 4.57 Å². The molecule has 0 radical (unpaired) electrons. The van der Waals surface area contributed by atoms with Crippen molar-refractivity contribution in [1.82, 2.24) is 14.5 Å². The molecule has 0 saturated heterocycles. The number of furan rings is 1. The van der Waals surface area contributed by atoms with Crippen LogP contribution in [0.15, 0.2) is 75.1 Å². The maximum Gasteiger partial charge on any atom is 0.320 e. The van der Waals surface area contributed by atoms with Crippen LogP contribution in [0.1, 0.15) is 5.76 Å². The van der Waals surface area contributed by atoms with Gasteiger partial charge in [-0.15, -0.1) is 0 Å². The zero-order valence-corrected chi connectivity index (χ0v) is 12.7. The fourth-order valence-corrected chi connectivity index (χ4v) is 2.23. The van der Waals surface area contributed by atoms with Gasteiger partial charge in [-0.3, -0.25) is 23.5 Å². The highest BCUT2D eigenvalue weighted by molar-refractivity contribution is 5.75. The second kappa shape index (κ2) is 6.82. The zero-order chi connectivity index (χ0) is 16.9. The summed E-state index contributed by atoms with van der Waals surface area (Å²) in [5, 5.41) is 2.63. The molecule has 0 saturated carbocycles. The summed E-state index contributed by atoms with van der Waals surface area (Å²) in [7, 11) is 0. The third kappa shape index (κ3) is 3.35. The van der Waals surface area contributed by atoms with Crippen LogP contribution in [-0.2, 0) is 17.9 Å². The molecule has 24 heavy (non-hydrogen) atoms. The minimum absolute atomic E-state index is 0.224. The van der Waals surface area contributed by atoms with Gasteiger partial charge < -0.3 is 9.73 Å². The van der Waals surface area contributed by atoms with Gasteiger partial charge >= 0.3 is 11.1 Å². The van der Waals surface area contributed by atoms with E-state index < -0.39 is 11.1 Å². The van der Waals surface area contributed by atoms with Gasteiger partial charge in [0.05, 0.1) is 12.8 Å². The third-order valence-corrected chi connectivity index (χ3v) is 3.45. The summed E-state index contributed by atoms with van der Waals surface area (Å²) < 4.78 is 7.44. The Morgan fingerprint density at radius 3 is 2.50 bits per heavy atom. The van der Waals surface area contributed by atoms with Crippen LogP contribution in [0.3, 0.4) is 0 Å². The van der Waals surface area contributed by atoms with Crippen LogP contribution < -0.4 is 16.4 Å². The molecule has 0 unspecified atom stereocenters. The van der Waals surface area contributed by atoms with Crippen molar-refractivity contribution < 1.29 is 9.21 Å². The van der Waals surface area contributed by atoms with Gasteiger partial charge in [-0.2, -0.15) is 0 Å². The van der Waals surface area contributed by atoms with Gasteiger partial charge in [0.1, 0.15) is 12.3 Å². The third-order valence-electron chi connectivity index (χ3n) is 3.45. The molecule has 122 valence electrons. The van der Waals surface area contributed by atoms with Crippen LogP contribution in [0.4, 0.5) is 0 Å². The lowest BCUT2D eigenvalue weighted by atomic mass is 10.3. The summed E-state index contributed by atoms with van der Waals surface area (Å²) in [5.74, 6) is 0.223. The molecule has 3 aromatic rings. The van der Waals surface area contributed by atoms with Crippen LogP contribution in [0.2, 0.25) is 0 Å². The molecule has 0 fully saturated rings. The standard InChI is InChI=1S/C17H15N3O4/c21-15(18-11-14-7-4-10-24-14)12-19-8-9-20(17(23)16(19)22)13-5-2-1-3-6-13/h1-10H,11-12H2,(H,18,21). The Hall–Kier alpha value is -3.35. The van der Waals surface area contributed by atoms with E-state index in [4.69, 9.17) is 4.42 Å². The van der Waals surface area contributed by atoms with Gasteiger partial charge in [0.15, 0.2) is 0 Å². The predicted octanol–water partition coefficient (Wildman–Crippen LogP) is 0.909. The number of carbonyl (C=O) groups is 1. The van der Waals surface area contributed by atoms with Crippen molar-refractivity contribution in [3.05, 3.63) is 87.6 Å². The van der Waals surface area contributed by atoms with E-state index in [9.17, 15) is 14.4 Å². The number of benzene rings is 1. The fourth-order valence-electron chi connectivity index (χ4n) is 2.23. The first-order valence-corrected chi connectivity index (χ1v) is 7.32. The SMILES string of the molecule is O=C(Cn1ccn(-c2ccccc2)c(=O)c1=O)NCc1ccco1. The van der Waals surface area contributed by atoms with Gasteiger partial charge in [-0.1, -0.05) is 18.2 Å². The zero-order valence-electron chi connectivity index (χ0n) is 12.7. The first-order chi connectivity index (χ1) is 11.6. The van der Waals surface area contributed by atoms with Gasteiger partial charge in [-0.25, -0.2) is 0 Å². The Morgan fingerprint density at radius 1 is 1.00 bits per heavy atom. The molecule has 0 aliphatic carbocycles. The monoisotopic (exact) mass is 325 g/mol. The smallest absolute Gasteiger partial charge is 0.320 e. The minimum Gasteiger partial charge on any atom is -0.467 e. The number of nitrogens with zero attached hydrogens (tertiary/aromatic N) is 2. The highest BCUT2D eigenvalue weighted by Gasteiger charge is 2.10. The highest BCUT2D eigenvalue weighted by atomic mass is 16.3. The normalized spacial score (nSPS) is 10.5. The Bertz CT molecular complexity index is 940. The summed E-state index contributed by atoms with van der Waals surface area (Å²) in [4.78, 5) is 36.3. The molecule has 0 bridgehead atoms. The lowest BCUT2D eigenvalue weighted by Gasteiger charge is -2.09. The Labute approximate surface area is 136 Å². The summed E-state index contributed by atoms with van der Waals surface area (Å²) in [5.41, 5.74) is -0.869. The molecule has 0 aliphatic rings. The van der Waals surface area contributed by atoms with Crippen LogP contribution in [0.5, 0.6) is 0 Å². The van der Waals surface area contributed by atoms with Crippen molar-refractivity contribution in [1.29, 1.82) is 0 Å². The molecule has 7 nitrogen and oxygen atoms in total. The van der Waals surface area contributed by atoms with E-state index in [1.807, 2.05) is 6.07 Å². The minimum atomic E-state index is -0.755. The first-order valence-electron chi connectivity index (χ1n) is 7.32. The number of amides is 1. The molecule has 0 spiro atoms. The molecule has 0 aliphatic heterocycles. The van der Waals surface area contributed by atoms with E-state index >= 15 is 0 Å². The number of rotatable bonds is 5. The Balaban J connectivity index is 1.75. The van der Waals surface area contributed by atoms with Gasteiger partial charge in [0, 0.05) is 18.1 Å². The average Bonchev–Trinajstić information content (AvgIpc) is 3.12. The molecule has 1 amide bonds. The lowest BCUT2D eigenvalue weighted by Crippen LogP contribution is -2.42. The summed E-state index contributed by atoms with van der Waals surface area (Å²) in [6.45, 7) is -0.00786. The van der Waals surface area contributed by atoms with Crippen molar-refractivity contribution in [3.8, 4) is 5.69 Å². The first kappa shape index (κ1) is 15.5. The molecule has 7 heteroatoms. The topological polar surface area (TPSA) is 86.2 Å². The average molecular weight is 325 g/mol. The van der Waals surface area contributed by atoms with E-state index in [1.165, 1.54) is 23.2 Å². The van der Waals surface area contributed by atoms with Crippen LogP contribution in [0.25, 0.3) is 5.69 Å². The van der Waals surface area contributed by atoms with Crippen LogP contribution in [-0.4, -0.2) is 15.0 Å². The number of carbonyl (C=O) groups excluding carboxylic acids is 1. The Morgan fingerprint density at radius 2 is 1.79 bits per heavy atom. The highest BCUT2D eigenvalue weighted by Crippen LogP contribution is 2.02. The molecular formula is C17H15N3O4. The Kier molecular flexibility index (Phi) is 4.42. The number of hydrogen-bond acceptors (Lipinski definition) is 4. The molecule has 2 heterocycles. The van der Waals surface area contributed by atoms with Crippen molar-refractivity contribution in [2.75, 3.05) is 0 Å².